The molecule has 4 nitrogen and oxygen atoms in total. The van der Waals surface area contributed by atoms with Gasteiger partial charge in [-0.3, -0.25) is 5.01 Å². The number of hydrogen-bond donors (Lipinski definition) is 3. The zero-order valence-corrected chi connectivity index (χ0v) is 7.41. The number of hydrogen-bond acceptors (Lipinski definition) is 4. The minimum atomic E-state index is -1.04. The first kappa shape index (κ1) is 9.09. The number of nitrogens with one attached hydrogen (secondary N) is 1. The molecular weight excluding hydrogens is 154 g/mol. The van der Waals surface area contributed by atoms with E-state index in [1.807, 2.05) is 18.2 Å². The molecule has 1 aliphatic rings. The van der Waals surface area contributed by atoms with Crippen LogP contribution in [-0.2, 0) is 0 Å². The Balaban J connectivity index is 2.69. The topological polar surface area (TPSA) is 61.5 Å². The standard InChI is InChI=1S/C8H15N3O/c1-8(2,12)11(9)7-5-3-4-6-10-7/h3-5,10,12H,6,9H2,1-2H3. The van der Waals surface area contributed by atoms with Gasteiger partial charge in [0.25, 0.3) is 0 Å². The lowest BCUT2D eigenvalue weighted by Gasteiger charge is -2.34. The third kappa shape index (κ3) is 1.99. The van der Waals surface area contributed by atoms with Crippen molar-refractivity contribution in [1.82, 2.24) is 10.3 Å². The first-order valence-corrected chi connectivity index (χ1v) is 3.90. The normalized spacial score (nSPS) is 16.8. The van der Waals surface area contributed by atoms with Crippen LogP contribution in [0.1, 0.15) is 13.8 Å². The lowest BCUT2D eigenvalue weighted by atomic mass is 10.2. The summed E-state index contributed by atoms with van der Waals surface area (Å²) in [6.07, 6.45) is 5.70. The van der Waals surface area contributed by atoms with Crippen molar-refractivity contribution in [1.29, 1.82) is 0 Å². The van der Waals surface area contributed by atoms with Crippen LogP contribution < -0.4 is 11.2 Å². The molecule has 12 heavy (non-hydrogen) atoms. The molecule has 0 aromatic rings. The zero-order valence-electron chi connectivity index (χ0n) is 7.41. The number of aliphatic hydroxyl groups is 1. The lowest BCUT2D eigenvalue weighted by molar-refractivity contribution is -0.0624. The molecule has 0 amide bonds. The van der Waals surface area contributed by atoms with Gasteiger partial charge in [0.1, 0.15) is 11.5 Å². The summed E-state index contributed by atoms with van der Waals surface area (Å²) in [4.78, 5) is 0. The third-order valence-electron chi connectivity index (χ3n) is 1.64. The van der Waals surface area contributed by atoms with Crippen molar-refractivity contribution >= 4 is 0 Å². The van der Waals surface area contributed by atoms with E-state index < -0.39 is 5.72 Å². The number of nitrogens with two attached hydrogens (primary N) is 1. The molecule has 0 aromatic carbocycles. The molecule has 0 bridgehead atoms. The first-order valence-electron chi connectivity index (χ1n) is 3.90. The highest BCUT2D eigenvalue weighted by atomic mass is 16.3. The maximum Gasteiger partial charge on any atom is 0.147 e. The van der Waals surface area contributed by atoms with Gasteiger partial charge < -0.3 is 10.4 Å². The SMILES string of the molecule is CC(C)(O)N(N)C1=CC=CCN1. The van der Waals surface area contributed by atoms with Gasteiger partial charge in [-0.2, -0.15) is 0 Å². The fraction of sp³-hybridized carbons (Fsp3) is 0.500. The maximum atomic E-state index is 9.53. The van der Waals surface area contributed by atoms with E-state index in [2.05, 4.69) is 5.32 Å². The summed E-state index contributed by atoms with van der Waals surface area (Å²) < 4.78 is 0. The second-order valence-corrected chi connectivity index (χ2v) is 3.23. The largest absolute Gasteiger partial charge is 0.370 e. The van der Waals surface area contributed by atoms with Crippen LogP contribution in [0.2, 0.25) is 0 Å². The van der Waals surface area contributed by atoms with Crippen LogP contribution in [0.15, 0.2) is 24.0 Å². The highest BCUT2D eigenvalue weighted by Gasteiger charge is 2.22. The lowest BCUT2D eigenvalue weighted by Crippen LogP contribution is -2.51. The summed E-state index contributed by atoms with van der Waals surface area (Å²) in [6, 6.07) is 0. The van der Waals surface area contributed by atoms with Crippen molar-refractivity contribution in [2.24, 2.45) is 5.84 Å². The molecule has 0 spiro atoms. The maximum absolute atomic E-state index is 9.53. The average Bonchev–Trinajstić information content (AvgIpc) is 2.03. The quantitative estimate of drug-likeness (QED) is 0.307. The Labute approximate surface area is 72.3 Å². The number of rotatable bonds is 2. The van der Waals surface area contributed by atoms with Crippen LogP contribution in [0.4, 0.5) is 0 Å². The Bertz CT molecular complexity index is 215. The predicted molar refractivity (Wildman–Crippen MR) is 47.5 cm³/mol. The molecule has 0 aromatic heterocycles. The molecule has 0 aliphatic carbocycles. The molecule has 1 heterocycles. The van der Waals surface area contributed by atoms with Gasteiger partial charge in [0.05, 0.1) is 0 Å². The molecule has 0 atom stereocenters. The van der Waals surface area contributed by atoms with Crippen LogP contribution in [0.25, 0.3) is 0 Å². The molecule has 1 aliphatic heterocycles. The van der Waals surface area contributed by atoms with E-state index in [-0.39, 0.29) is 0 Å². The van der Waals surface area contributed by atoms with Crippen molar-refractivity contribution in [3.05, 3.63) is 24.0 Å². The van der Waals surface area contributed by atoms with E-state index in [9.17, 15) is 5.11 Å². The molecule has 0 unspecified atom stereocenters. The summed E-state index contributed by atoms with van der Waals surface area (Å²) in [6.45, 7) is 4.01. The molecular formula is C8H15N3O. The molecule has 0 saturated carbocycles. The molecule has 68 valence electrons. The van der Waals surface area contributed by atoms with Crippen LogP contribution in [0.5, 0.6) is 0 Å². The van der Waals surface area contributed by atoms with Crippen molar-refractivity contribution in [3.8, 4) is 0 Å². The van der Waals surface area contributed by atoms with E-state index >= 15 is 0 Å². The van der Waals surface area contributed by atoms with Gasteiger partial charge in [0, 0.05) is 6.54 Å². The van der Waals surface area contributed by atoms with Crippen LogP contribution in [0.3, 0.4) is 0 Å². The minimum absolute atomic E-state index is 0.727. The van der Waals surface area contributed by atoms with Crippen molar-refractivity contribution in [2.45, 2.75) is 19.6 Å². The molecule has 0 saturated heterocycles. The first-order chi connectivity index (χ1) is 5.52. The molecule has 0 fully saturated rings. The Hall–Kier alpha value is -1.00. The van der Waals surface area contributed by atoms with E-state index in [1.165, 1.54) is 5.01 Å². The van der Waals surface area contributed by atoms with Gasteiger partial charge in [-0.25, -0.2) is 5.84 Å². The summed E-state index contributed by atoms with van der Waals surface area (Å²) >= 11 is 0. The van der Waals surface area contributed by atoms with Crippen LogP contribution in [-0.4, -0.2) is 22.4 Å². The van der Waals surface area contributed by atoms with E-state index in [4.69, 9.17) is 5.84 Å². The van der Waals surface area contributed by atoms with Crippen LogP contribution >= 0.6 is 0 Å². The van der Waals surface area contributed by atoms with E-state index in [0.29, 0.717) is 0 Å². The highest BCUT2D eigenvalue weighted by molar-refractivity contribution is 5.16. The molecule has 1 rings (SSSR count). The highest BCUT2D eigenvalue weighted by Crippen LogP contribution is 2.11. The number of nitrogens with zero attached hydrogens (tertiary/aromatic N) is 1. The predicted octanol–water partition coefficient (Wildman–Crippen LogP) is -0.109. The van der Waals surface area contributed by atoms with Crippen molar-refractivity contribution < 1.29 is 5.11 Å². The molecule has 0 radical (unpaired) electrons. The third-order valence-corrected chi connectivity index (χ3v) is 1.64. The molecule has 4 heteroatoms. The van der Waals surface area contributed by atoms with Crippen LogP contribution in [0, 0.1) is 0 Å². The van der Waals surface area contributed by atoms with Gasteiger partial charge >= 0.3 is 0 Å². The number of allylic oxidation sites excluding steroid dienone is 2. The second kappa shape index (κ2) is 3.16. The van der Waals surface area contributed by atoms with Gasteiger partial charge in [0.15, 0.2) is 0 Å². The monoisotopic (exact) mass is 169 g/mol. The van der Waals surface area contributed by atoms with Crippen molar-refractivity contribution in [2.75, 3.05) is 6.54 Å². The number of hydrazine groups is 1. The smallest absolute Gasteiger partial charge is 0.147 e. The van der Waals surface area contributed by atoms with E-state index in [1.54, 1.807) is 13.8 Å². The molecule has 4 N–H and O–H groups in total. The van der Waals surface area contributed by atoms with Gasteiger partial charge in [-0.1, -0.05) is 12.2 Å². The Kier molecular flexibility index (Phi) is 2.40. The zero-order chi connectivity index (χ0) is 9.19. The summed E-state index contributed by atoms with van der Waals surface area (Å²) in [5.74, 6) is 6.37. The Morgan fingerprint density at radius 2 is 2.33 bits per heavy atom. The Morgan fingerprint density at radius 3 is 2.75 bits per heavy atom. The Morgan fingerprint density at radius 1 is 1.67 bits per heavy atom. The van der Waals surface area contributed by atoms with Gasteiger partial charge in [-0.15, -0.1) is 0 Å². The summed E-state index contributed by atoms with van der Waals surface area (Å²) in [5.41, 5.74) is -1.04. The van der Waals surface area contributed by atoms with E-state index in [0.717, 1.165) is 12.4 Å². The van der Waals surface area contributed by atoms with Gasteiger partial charge in [0.2, 0.25) is 0 Å². The van der Waals surface area contributed by atoms with Crippen molar-refractivity contribution in [3.63, 3.8) is 0 Å². The fourth-order valence-corrected chi connectivity index (χ4v) is 0.910. The van der Waals surface area contributed by atoms with Gasteiger partial charge in [-0.05, 0) is 19.9 Å². The second-order valence-electron chi connectivity index (χ2n) is 3.23. The summed E-state index contributed by atoms with van der Waals surface area (Å²) in [7, 11) is 0. The minimum Gasteiger partial charge on any atom is -0.370 e. The number of dihydropyridines is 1. The fourth-order valence-electron chi connectivity index (χ4n) is 0.910. The summed E-state index contributed by atoms with van der Waals surface area (Å²) in [5, 5.41) is 13.9. The average molecular weight is 169 g/mol.